The van der Waals surface area contributed by atoms with Crippen LogP contribution in [0, 0.1) is 11.7 Å². The van der Waals surface area contributed by atoms with Crippen LogP contribution < -0.4 is 0 Å². The van der Waals surface area contributed by atoms with Gasteiger partial charge < -0.3 is 9.84 Å². The number of hydrogen-bond acceptors (Lipinski definition) is 3. The molecule has 0 amide bonds. The van der Waals surface area contributed by atoms with Gasteiger partial charge in [-0.05, 0) is 19.4 Å². The number of aliphatic hydroxyl groups is 1. The Morgan fingerprint density at radius 3 is 2.63 bits per heavy atom. The third-order valence-electron chi connectivity index (χ3n) is 3.43. The van der Waals surface area contributed by atoms with Crippen LogP contribution in [0.25, 0.3) is 0 Å². The van der Waals surface area contributed by atoms with Crippen molar-refractivity contribution in [3.05, 3.63) is 35.6 Å². The Labute approximate surface area is 113 Å². The van der Waals surface area contributed by atoms with Gasteiger partial charge in [0.2, 0.25) is 0 Å². The fraction of sp³-hybridized carbons (Fsp3) is 0.533. The minimum Gasteiger partial charge on any atom is -0.469 e. The van der Waals surface area contributed by atoms with Crippen molar-refractivity contribution < 1.29 is 19.0 Å². The lowest BCUT2D eigenvalue weighted by Gasteiger charge is -2.31. The van der Waals surface area contributed by atoms with Crippen molar-refractivity contribution in [1.82, 2.24) is 0 Å². The second kappa shape index (κ2) is 6.66. The standard InChI is InChI=1S/C15H21FO3/c1-4-5-8-12(14(17)19-3)15(2,18)11-9-6-7-10-13(11)16/h6-7,9-10,12,18H,4-5,8H2,1-3H3. The lowest BCUT2D eigenvalue weighted by molar-refractivity contribution is -0.156. The summed E-state index contributed by atoms with van der Waals surface area (Å²) in [7, 11) is 1.28. The number of esters is 1. The Kier molecular flexibility index (Phi) is 5.48. The maximum atomic E-state index is 13.8. The molecule has 2 atom stereocenters. The van der Waals surface area contributed by atoms with Gasteiger partial charge in [-0.1, -0.05) is 38.0 Å². The molecule has 3 nitrogen and oxygen atoms in total. The van der Waals surface area contributed by atoms with E-state index in [4.69, 9.17) is 4.74 Å². The number of carbonyl (C=O) groups excluding carboxylic acids is 1. The third kappa shape index (κ3) is 3.53. The molecule has 0 heterocycles. The van der Waals surface area contributed by atoms with Gasteiger partial charge >= 0.3 is 5.97 Å². The van der Waals surface area contributed by atoms with Crippen LogP contribution in [0.2, 0.25) is 0 Å². The third-order valence-corrected chi connectivity index (χ3v) is 3.43. The van der Waals surface area contributed by atoms with Gasteiger partial charge in [0.1, 0.15) is 11.4 Å². The molecule has 4 heteroatoms. The quantitative estimate of drug-likeness (QED) is 0.807. The van der Waals surface area contributed by atoms with E-state index in [1.165, 1.54) is 26.2 Å². The number of halogens is 1. The molecular weight excluding hydrogens is 247 g/mol. The van der Waals surface area contributed by atoms with Gasteiger partial charge in [0.05, 0.1) is 13.0 Å². The van der Waals surface area contributed by atoms with Crippen LogP contribution in [0.5, 0.6) is 0 Å². The molecule has 0 aromatic heterocycles. The van der Waals surface area contributed by atoms with E-state index in [2.05, 4.69) is 0 Å². The fourth-order valence-corrected chi connectivity index (χ4v) is 2.24. The van der Waals surface area contributed by atoms with Crippen molar-refractivity contribution in [3.63, 3.8) is 0 Å². The highest BCUT2D eigenvalue weighted by atomic mass is 19.1. The van der Waals surface area contributed by atoms with Crippen molar-refractivity contribution >= 4 is 5.97 Å². The van der Waals surface area contributed by atoms with Crippen LogP contribution in [0.3, 0.4) is 0 Å². The first kappa shape index (κ1) is 15.6. The van der Waals surface area contributed by atoms with E-state index in [0.29, 0.717) is 6.42 Å². The molecule has 0 radical (unpaired) electrons. The van der Waals surface area contributed by atoms with Crippen LogP contribution in [0.15, 0.2) is 24.3 Å². The summed E-state index contributed by atoms with van der Waals surface area (Å²) in [5.41, 5.74) is -1.45. The molecule has 0 fully saturated rings. The molecule has 0 saturated carbocycles. The summed E-state index contributed by atoms with van der Waals surface area (Å²) >= 11 is 0. The van der Waals surface area contributed by atoms with Gasteiger partial charge in [0.25, 0.3) is 0 Å². The van der Waals surface area contributed by atoms with Gasteiger partial charge in [-0.25, -0.2) is 4.39 Å². The summed E-state index contributed by atoms with van der Waals surface area (Å²) in [5.74, 6) is -1.80. The number of ether oxygens (including phenoxy) is 1. The normalized spacial score (nSPS) is 15.6. The van der Waals surface area contributed by atoms with E-state index in [1.807, 2.05) is 6.92 Å². The largest absolute Gasteiger partial charge is 0.469 e. The summed E-state index contributed by atoms with van der Waals surface area (Å²) in [6.07, 6.45) is 2.12. The van der Waals surface area contributed by atoms with Gasteiger partial charge in [-0.15, -0.1) is 0 Å². The van der Waals surface area contributed by atoms with Crippen molar-refractivity contribution in [2.75, 3.05) is 7.11 Å². The zero-order valence-electron chi connectivity index (χ0n) is 11.6. The lowest BCUT2D eigenvalue weighted by Crippen LogP contribution is -2.38. The number of benzene rings is 1. The molecule has 0 spiro atoms. The van der Waals surface area contributed by atoms with Gasteiger partial charge in [0, 0.05) is 5.56 Å². The summed E-state index contributed by atoms with van der Waals surface area (Å²) in [5, 5.41) is 10.6. The number of methoxy groups -OCH3 is 1. The Hall–Kier alpha value is -1.42. The van der Waals surface area contributed by atoms with Crippen molar-refractivity contribution in [2.24, 2.45) is 5.92 Å². The molecular formula is C15H21FO3. The Balaban J connectivity index is 3.11. The SMILES string of the molecule is CCCCC(C(=O)OC)C(C)(O)c1ccccc1F. The molecule has 1 N–H and O–H groups in total. The first-order valence-corrected chi connectivity index (χ1v) is 6.50. The average molecular weight is 268 g/mol. The first-order valence-electron chi connectivity index (χ1n) is 6.50. The molecule has 0 aliphatic heterocycles. The van der Waals surface area contributed by atoms with E-state index in [0.717, 1.165) is 12.8 Å². The van der Waals surface area contributed by atoms with Crippen LogP contribution in [-0.4, -0.2) is 18.2 Å². The number of carbonyl (C=O) groups is 1. The van der Waals surface area contributed by atoms with E-state index in [1.54, 1.807) is 12.1 Å². The average Bonchev–Trinajstić information content (AvgIpc) is 2.38. The van der Waals surface area contributed by atoms with E-state index in [9.17, 15) is 14.3 Å². The highest BCUT2D eigenvalue weighted by Crippen LogP contribution is 2.35. The summed E-state index contributed by atoms with van der Waals surface area (Å²) in [4.78, 5) is 11.8. The minimum absolute atomic E-state index is 0.126. The van der Waals surface area contributed by atoms with Crippen molar-refractivity contribution in [3.8, 4) is 0 Å². The number of hydrogen-bond donors (Lipinski definition) is 1. The number of rotatable bonds is 6. The zero-order valence-corrected chi connectivity index (χ0v) is 11.6. The second-order valence-electron chi connectivity index (χ2n) is 4.85. The van der Waals surface area contributed by atoms with Gasteiger partial charge in [-0.3, -0.25) is 4.79 Å². The predicted molar refractivity (Wildman–Crippen MR) is 71.0 cm³/mol. The minimum atomic E-state index is -1.58. The highest BCUT2D eigenvalue weighted by Gasteiger charge is 2.40. The molecule has 0 bridgehead atoms. The molecule has 2 unspecified atom stereocenters. The van der Waals surface area contributed by atoms with Gasteiger partial charge in [0.15, 0.2) is 0 Å². The van der Waals surface area contributed by atoms with Crippen LogP contribution in [0.4, 0.5) is 4.39 Å². The summed E-state index contributed by atoms with van der Waals surface area (Å²) < 4.78 is 18.6. The zero-order chi connectivity index (χ0) is 14.5. The Morgan fingerprint density at radius 2 is 2.11 bits per heavy atom. The monoisotopic (exact) mass is 268 g/mol. The highest BCUT2D eigenvalue weighted by molar-refractivity contribution is 5.74. The van der Waals surface area contributed by atoms with Gasteiger partial charge in [-0.2, -0.15) is 0 Å². The molecule has 106 valence electrons. The summed E-state index contributed by atoms with van der Waals surface area (Å²) in [6.45, 7) is 3.45. The smallest absolute Gasteiger partial charge is 0.311 e. The van der Waals surface area contributed by atoms with E-state index >= 15 is 0 Å². The Morgan fingerprint density at radius 1 is 1.47 bits per heavy atom. The van der Waals surface area contributed by atoms with Crippen molar-refractivity contribution in [2.45, 2.75) is 38.7 Å². The van der Waals surface area contributed by atoms with Crippen LogP contribution in [-0.2, 0) is 15.1 Å². The molecule has 19 heavy (non-hydrogen) atoms. The first-order chi connectivity index (χ1) is 8.95. The Bertz CT molecular complexity index is 429. The van der Waals surface area contributed by atoms with Crippen LogP contribution in [0.1, 0.15) is 38.7 Å². The predicted octanol–water partition coefficient (Wildman–Crippen LogP) is 3.01. The second-order valence-corrected chi connectivity index (χ2v) is 4.85. The van der Waals surface area contributed by atoms with Crippen LogP contribution >= 0.6 is 0 Å². The molecule has 1 rings (SSSR count). The van der Waals surface area contributed by atoms with E-state index in [-0.39, 0.29) is 5.56 Å². The number of unbranched alkanes of at least 4 members (excludes halogenated alkanes) is 1. The maximum Gasteiger partial charge on any atom is 0.311 e. The lowest BCUT2D eigenvalue weighted by atomic mass is 9.79. The molecule has 0 aliphatic carbocycles. The molecule has 0 aliphatic rings. The fourth-order valence-electron chi connectivity index (χ4n) is 2.24. The topological polar surface area (TPSA) is 46.5 Å². The summed E-state index contributed by atoms with van der Waals surface area (Å²) in [6, 6.07) is 5.96. The van der Waals surface area contributed by atoms with Crippen molar-refractivity contribution in [1.29, 1.82) is 0 Å². The van der Waals surface area contributed by atoms with E-state index < -0.39 is 23.3 Å². The molecule has 1 aromatic carbocycles. The maximum absolute atomic E-state index is 13.8. The molecule has 1 aromatic rings. The molecule has 0 saturated heterocycles.